The highest BCUT2D eigenvalue weighted by Gasteiger charge is 2.33. The maximum absolute atomic E-state index is 12.0. The van der Waals surface area contributed by atoms with Crippen LogP contribution < -0.4 is 15.5 Å². The van der Waals surface area contributed by atoms with Crippen LogP contribution in [0, 0.1) is 0 Å². The average molecular weight is 340 g/mol. The lowest BCUT2D eigenvalue weighted by Gasteiger charge is -2.36. The van der Waals surface area contributed by atoms with Gasteiger partial charge in [0.2, 0.25) is 11.8 Å². The van der Waals surface area contributed by atoms with Gasteiger partial charge in [0.25, 0.3) is 0 Å². The molecular formula is C14H18BrN3O2. The fourth-order valence-corrected chi connectivity index (χ4v) is 2.82. The minimum absolute atomic E-state index is 0.206. The Labute approximate surface area is 126 Å². The number of benzene rings is 1. The standard InChI is InChI=1S/C14H18BrN3O2/c1-3-11-14(20)17-13(19)8-18(11)12-6-10(15)5-4-9(12)7-16-2/h4-6,11,16H,3,7-8H2,1-2H3,(H,17,19,20). The first-order valence-electron chi connectivity index (χ1n) is 6.60. The second kappa shape index (κ2) is 6.37. The lowest BCUT2D eigenvalue weighted by atomic mass is 10.1. The lowest BCUT2D eigenvalue weighted by molar-refractivity contribution is -0.132. The third kappa shape index (κ3) is 3.02. The van der Waals surface area contributed by atoms with Crippen LogP contribution in [0.25, 0.3) is 0 Å². The van der Waals surface area contributed by atoms with Gasteiger partial charge < -0.3 is 10.2 Å². The van der Waals surface area contributed by atoms with Crippen molar-refractivity contribution in [1.82, 2.24) is 10.6 Å². The van der Waals surface area contributed by atoms with E-state index in [9.17, 15) is 9.59 Å². The first-order valence-corrected chi connectivity index (χ1v) is 7.39. The van der Waals surface area contributed by atoms with E-state index in [0.717, 1.165) is 15.7 Å². The Balaban J connectivity index is 2.43. The van der Waals surface area contributed by atoms with E-state index in [2.05, 4.69) is 26.6 Å². The third-order valence-corrected chi connectivity index (χ3v) is 3.86. The van der Waals surface area contributed by atoms with Crippen molar-refractivity contribution in [3.63, 3.8) is 0 Å². The summed E-state index contributed by atoms with van der Waals surface area (Å²) in [5.41, 5.74) is 1.99. The maximum atomic E-state index is 12.0. The monoisotopic (exact) mass is 339 g/mol. The van der Waals surface area contributed by atoms with Gasteiger partial charge in [-0.15, -0.1) is 0 Å². The molecule has 0 bridgehead atoms. The van der Waals surface area contributed by atoms with Gasteiger partial charge in [0.1, 0.15) is 6.04 Å². The van der Waals surface area contributed by atoms with Crippen molar-refractivity contribution in [2.75, 3.05) is 18.5 Å². The number of carbonyl (C=O) groups excluding carboxylic acids is 2. The molecule has 2 rings (SSSR count). The van der Waals surface area contributed by atoms with Crippen LogP contribution in [0.5, 0.6) is 0 Å². The molecule has 1 heterocycles. The summed E-state index contributed by atoms with van der Waals surface area (Å²) in [6.07, 6.45) is 0.657. The Morgan fingerprint density at radius 2 is 2.20 bits per heavy atom. The number of anilines is 1. The van der Waals surface area contributed by atoms with Gasteiger partial charge in [0, 0.05) is 16.7 Å². The number of imide groups is 1. The summed E-state index contributed by atoms with van der Waals surface area (Å²) in [5, 5.41) is 5.51. The van der Waals surface area contributed by atoms with E-state index in [1.165, 1.54) is 0 Å². The predicted molar refractivity (Wildman–Crippen MR) is 81.5 cm³/mol. The molecule has 2 amide bonds. The molecule has 1 aliphatic heterocycles. The number of nitrogens with zero attached hydrogens (tertiary/aromatic N) is 1. The van der Waals surface area contributed by atoms with Crippen molar-refractivity contribution >= 4 is 33.4 Å². The van der Waals surface area contributed by atoms with Gasteiger partial charge in [-0.05, 0) is 31.2 Å². The van der Waals surface area contributed by atoms with Crippen LogP contribution in [0.15, 0.2) is 22.7 Å². The molecule has 0 radical (unpaired) electrons. The third-order valence-electron chi connectivity index (χ3n) is 3.37. The summed E-state index contributed by atoms with van der Waals surface area (Å²) in [6.45, 7) is 2.84. The molecular weight excluding hydrogens is 322 g/mol. The summed E-state index contributed by atoms with van der Waals surface area (Å²) in [4.78, 5) is 25.5. The smallest absolute Gasteiger partial charge is 0.249 e. The van der Waals surface area contributed by atoms with Gasteiger partial charge in [-0.1, -0.05) is 28.9 Å². The first-order chi connectivity index (χ1) is 9.56. The van der Waals surface area contributed by atoms with Crippen LogP contribution in [0.4, 0.5) is 5.69 Å². The SMILES string of the molecule is CCC1C(=O)NC(=O)CN1c1cc(Br)ccc1CNC. The van der Waals surface area contributed by atoms with E-state index >= 15 is 0 Å². The summed E-state index contributed by atoms with van der Waals surface area (Å²) in [5.74, 6) is -0.478. The largest absolute Gasteiger partial charge is 0.350 e. The Morgan fingerprint density at radius 1 is 1.45 bits per heavy atom. The second-order valence-corrected chi connectivity index (χ2v) is 5.68. The van der Waals surface area contributed by atoms with Crippen molar-refractivity contribution in [2.24, 2.45) is 0 Å². The van der Waals surface area contributed by atoms with E-state index < -0.39 is 0 Å². The zero-order chi connectivity index (χ0) is 14.7. The Kier molecular flexibility index (Phi) is 4.77. The van der Waals surface area contributed by atoms with Crippen LogP contribution in [-0.2, 0) is 16.1 Å². The molecule has 0 spiro atoms. The zero-order valence-electron chi connectivity index (χ0n) is 11.6. The number of piperazine rings is 1. The van der Waals surface area contributed by atoms with Crippen molar-refractivity contribution in [3.05, 3.63) is 28.2 Å². The molecule has 1 saturated heterocycles. The summed E-state index contributed by atoms with van der Waals surface area (Å²) >= 11 is 3.45. The van der Waals surface area contributed by atoms with Crippen molar-refractivity contribution < 1.29 is 9.59 Å². The van der Waals surface area contributed by atoms with Gasteiger partial charge in [-0.25, -0.2) is 0 Å². The van der Waals surface area contributed by atoms with Crippen LogP contribution in [0.3, 0.4) is 0 Å². The highest BCUT2D eigenvalue weighted by Crippen LogP contribution is 2.28. The molecule has 1 aromatic rings. The number of nitrogens with one attached hydrogen (secondary N) is 2. The molecule has 1 atom stereocenters. The fraction of sp³-hybridized carbons (Fsp3) is 0.429. The highest BCUT2D eigenvalue weighted by molar-refractivity contribution is 9.10. The van der Waals surface area contributed by atoms with Crippen molar-refractivity contribution in [2.45, 2.75) is 25.9 Å². The Bertz CT molecular complexity index is 533. The molecule has 108 valence electrons. The molecule has 20 heavy (non-hydrogen) atoms. The molecule has 1 unspecified atom stereocenters. The fourth-order valence-electron chi connectivity index (χ4n) is 2.47. The summed E-state index contributed by atoms with van der Waals surface area (Å²) in [6, 6.07) is 5.61. The lowest BCUT2D eigenvalue weighted by Crippen LogP contribution is -2.58. The number of hydrogen-bond donors (Lipinski definition) is 2. The molecule has 0 aromatic heterocycles. The minimum Gasteiger partial charge on any atom is -0.350 e. The normalized spacial score (nSPS) is 19.1. The average Bonchev–Trinajstić information content (AvgIpc) is 2.40. The number of amides is 2. The van der Waals surface area contributed by atoms with Crippen LogP contribution in [0.1, 0.15) is 18.9 Å². The molecule has 1 aromatic carbocycles. The molecule has 2 N–H and O–H groups in total. The second-order valence-electron chi connectivity index (χ2n) is 4.77. The summed E-state index contributed by atoms with van der Waals surface area (Å²) < 4.78 is 0.931. The number of rotatable bonds is 4. The highest BCUT2D eigenvalue weighted by atomic mass is 79.9. The molecule has 0 aliphatic carbocycles. The minimum atomic E-state index is -0.308. The van der Waals surface area contributed by atoms with Gasteiger partial charge >= 0.3 is 0 Å². The van der Waals surface area contributed by atoms with E-state index in [1.807, 2.05) is 37.1 Å². The molecule has 0 saturated carbocycles. The Morgan fingerprint density at radius 3 is 2.85 bits per heavy atom. The predicted octanol–water partition coefficient (Wildman–Crippen LogP) is 1.41. The maximum Gasteiger partial charge on any atom is 0.249 e. The van der Waals surface area contributed by atoms with Crippen LogP contribution >= 0.6 is 15.9 Å². The van der Waals surface area contributed by atoms with Gasteiger partial charge in [0.15, 0.2) is 0 Å². The van der Waals surface area contributed by atoms with Gasteiger partial charge in [0.05, 0.1) is 6.54 Å². The van der Waals surface area contributed by atoms with Crippen molar-refractivity contribution in [3.8, 4) is 0 Å². The zero-order valence-corrected chi connectivity index (χ0v) is 13.2. The molecule has 5 nitrogen and oxygen atoms in total. The van der Waals surface area contributed by atoms with Gasteiger partial charge in [-0.2, -0.15) is 0 Å². The van der Waals surface area contributed by atoms with Crippen molar-refractivity contribution in [1.29, 1.82) is 0 Å². The topological polar surface area (TPSA) is 61.4 Å². The molecule has 6 heteroatoms. The van der Waals surface area contributed by atoms with E-state index in [1.54, 1.807) is 0 Å². The number of carbonyl (C=O) groups is 2. The van der Waals surface area contributed by atoms with Gasteiger partial charge in [-0.3, -0.25) is 14.9 Å². The van der Waals surface area contributed by atoms with E-state index in [0.29, 0.717) is 13.0 Å². The summed E-state index contributed by atoms with van der Waals surface area (Å²) in [7, 11) is 1.87. The van der Waals surface area contributed by atoms with E-state index in [-0.39, 0.29) is 24.4 Å². The molecule has 1 fully saturated rings. The Hall–Kier alpha value is -1.40. The molecule has 1 aliphatic rings. The quantitative estimate of drug-likeness (QED) is 0.814. The van der Waals surface area contributed by atoms with Crippen LogP contribution in [0.2, 0.25) is 0 Å². The van der Waals surface area contributed by atoms with E-state index in [4.69, 9.17) is 0 Å². The number of hydrogen-bond acceptors (Lipinski definition) is 4. The van der Waals surface area contributed by atoms with Crippen LogP contribution in [-0.4, -0.2) is 31.4 Å². The number of halogens is 1. The first kappa shape index (κ1) is 15.0.